The summed E-state index contributed by atoms with van der Waals surface area (Å²) in [7, 11) is 1.51. The van der Waals surface area contributed by atoms with Crippen molar-refractivity contribution in [3.63, 3.8) is 0 Å². The molecular formula is C26H24F2N8O3S. The number of hydrogen-bond donors (Lipinski definition) is 1. The first-order chi connectivity index (χ1) is 19.1. The quantitative estimate of drug-likeness (QED) is 0.356. The number of imidazole rings is 1. The van der Waals surface area contributed by atoms with Crippen molar-refractivity contribution in [2.75, 3.05) is 23.3 Å². The van der Waals surface area contributed by atoms with E-state index in [4.69, 9.17) is 0 Å². The SMILES string of the molecule is CC#CCn1c(=O)c2c(ncn2[C@@H](C)C(=O)Nc2csc(-c3ccc(N4CC5C(C4)C5(F)F)nc3)n2)n(C)c1=O. The monoisotopic (exact) mass is 566 g/mol. The fraction of sp³-hybridized carbons (Fsp3) is 0.385. The number of halogens is 2. The molecule has 0 radical (unpaired) electrons. The van der Waals surface area contributed by atoms with E-state index >= 15 is 0 Å². The molecule has 14 heteroatoms. The van der Waals surface area contributed by atoms with Crippen LogP contribution in [0.2, 0.25) is 0 Å². The predicted octanol–water partition coefficient (Wildman–Crippen LogP) is 2.34. The Morgan fingerprint density at radius 1 is 1.25 bits per heavy atom. The number of nitrogens with one attached hydrogen (secondary N) is 1. The average Bonchev–Trinajstić information content (AvgIpc) is 3.53. The normalized spacial score (nSPS) is 19.7. The number of aryl methyl sites for hydroxylation is 1. The highest BCUT2D eigenvalue weighted by atomic mass is 32.1. The molecule has 11 nitrogen and oxygen atoms in total. The summed E-state index contributed by atoms with van der Waals surface area (Å²) in [6.07, 6.45) is 3.00. The predicted molar refractivity (Wildman–Crippen MR) is 146 cm³/mol. The van der Waals surface area contributed by atoms with Crippen molar-refractivity contribution < 1.29 is 13.6 Å². The number of carbonyl (C=O) groups is 1. The third-order valence-electron chi connectivity index (χ3n) is 7.54. The number of nitrogens with zero attached hydrogens (tertiary/aromatic N) is 7. The highest BCUT2D eigenvalue weighted by molar-refractivity contribution is 7.13. The largest absolute Gasteiger partial charge is 0.356 e. The minimum absolute atomic E-state index is 0.0733. The molecule has 1 amide bonds. The number of aromatic nitrogens is 6. The summed E-state index contributed by atoms with van der Waals surface area (Å²) >= 11 is 1.32. The number of rotatable bonds is 6. The van der Waals surface area contributed by atoms with Crippen LogP contribution in [0.15, 0.2) is 39.6 Å². The molecule has 40 heavy (non-hydrogen) atoms. The van der Waals surface area contributed by atoms with Gasteiger partial charge in [-0.1, -0.05) is 5.92 Å². The van der Waals surface area contributed by atoms with Gasteiger partial charge < -0.3 is 14.8 Å². The fourth-order valence-corrected chi connectivity index (χ4v) is 5.84. The second-order valence-corrected chi connectivity index (χ2v) is 10.7. The molecule has 0 bridgehead atoms. The Kier molecular flexibility index (Phi) is 6.06. The van der Waals surface area contributed by atoms with Crippen molar-refractivity contribution in [2.24, 2.45) is 18.9 Å². The Bertz CT molecular complexity index is 1810. The molecule has 206 valence electrons. The van der Waals surface area contributed by atoms with Crippen LogP contribution >= 0.6 is 11.3 Å². The lowest BCUT2D eigenvalue weighted by Gasteiger charge is -2.20. The van der Waals surface area contributed by atoms with Gasteiger partial charge in [0.25, 0.3) is 11.5 Å². The zero-order valence-corrected chi connectivity index (χ0v) is 22.6. The molecule has 1 N–H and O–H groups in total. The summed E-state index contributed by atoms with van der Waals surface area (Å²) in [4.78, 5) is 53.8. The van der Waals surface area contributed by atoms with Crippen LogP contribution in [0.4, 0.5) is 20.4 Å². The molecule has 1 aliphatic carbocycles. The zero-order chi connectivity index (χ0) is 28.3. The van der Waals surface area contributed by atoms with Gasteiger partial charge in [-0.2, -0.15) is 0 Å². The Labute approximate surface area is 230 Å². The topological polar surface area (TPSA) is 120 Å². The number of piperidine rings is 1. The van der Waals surface area contributed by atoms with Gasteiger partial charge in [-0.3, -0.25) is 14.2 Å². The number of alkyl halides is 2. The van der Waals surface area contributed by atoms with Gasteiger partial charge in [0.15, 0.2) is 11.2 Å². The number of anilines is 2. The van der Waals surface area contributed by atoms with Crippen LogP contribution in [0.5, 0.6) is 0 Å². The van der Waals surface area contributed by atoms with E-state index in [9.17, 15) is 23.2 Å². The number of carbonyl (C=O) groups excluding carboxylic acids is 1. The van der Waals surface area contributed by atoms with Crippen LogP contribution in [0, 0.1) is 23.7 Å². The van der Waals surface area contributed by atoms with E-state index in [0.29, 0.717) is 29.7 Å². The Morgan fingerprint density at radius 3 is 2.67 bits per heavy atom. The molecule has 1 saturated carbocycles. The van der Waals surface area contributed by atoms with Crippen molar-refractivity contribution in [1.82, 2.24) is 28.7 Å². The van der Waals surface area contributed by atoms with Crippen LogP contribution in [-0.2, 0) is 18.4 Å². The Balaban J connectivity index is 1.18. The molecule has 0 spiro atoms. The summed E-state index contributed by atoms with van der Waals surface area (Å²) in [5, 5.41) is 5.08. The molecule has 6 rings (SSSR count). The van der Waals surface area contributed by atoms with E-state index in [1.807, 2.05) is 11.0 Å². The standard InChI is InChI=1S/C26H24F2N8O3S/c1-4-5-8-35-24(38)20-21(33(3)25(35)39)30-13-36(20)14(2)22(37)31-18-12-40-23(32-18)15-6-7-19(29-9-15)34-10-16-17(11-34)26(16,27)28/h6-7,9,12-14,16-17H,8,10-11H2,1-3H3,(H,31,37)/t14-,16?,17?/m0/s1. The van der Waals surface area contributed by atoms with Crippen molar-refractivity contribution in [1.29, 1.82) is 0 Å². The Morgan fingerprint density at radius 2 is 2.00 bits per heavy atom. The van der Waals surface area contributed by atoms with Gasteiger partial charge >= 0.3 is 5.69 Å². The van der Waals surface area contributed by atoms with E-state index in [1.165, 1.54) is 33.8 Å². The number of fused-ring (bicyclic) bond motifs is 2. The van der Waals surface area contributed by atoms with Crippen LogP contribution < -0.4 is 21.5 Å². The number of pyridine rings is 1. The maximum Gasteiger partial charge on any atom is 0.333 e. The molecular weight excluding hydrogens is 542 g/mol. The fourth-order valence-electron chi connectivity index (χ4n) is 5.10. The van der Waals surface area contributed by atoms with E-state index in [0.717, 1.165) is 10.1 Å². The molecule has 3 atom stereocenters. The van der Waals surface area contributed by atoms with E-state index in [1.54, 1.807) is 31.5 Å². The van der Waals surface area contributed by atoms with Gasteiger partial charge in [0.2, 0.25) is 5.91 Å². The van der Waals surface area contributed by atoms with Gasteiger partial charge in [-0.25, -0.2) is 33.1 Å². The van der Waals surface area contributed by atoms with Crippen molar-refractivity contribution in [3.05, 3.63) is 50.9 Å². The van der Waals surface area contributed by atoms with Crippen LogP contribution in [-0.4, -0.2) is 53.6 Å². The summed E-state index contributed by atoms with van der Waals surface area (Å²) < 4.78 is 30.7. The molecule has 0 aromatic carbocycles. The van der Waals surface area contributed by atoms with E-state index in [-0.39, 0.29) is 17.7 Å². The van der Waals surface area contributed by atoms with Crippen LogP contribution in [0.25, 0.3) is 21.7 Å². The molecule has 2 unspecified atom stereocenters. The van der Waals surface area contributed by atoms with Gasteiger partial charge in [0.1, 0.15) is 22.7 Å². The van der Waals surface area contributed by atoms with Crippen molar-refractivity contribution >= 4 is 40.0 Å². The van der Waals surface area contributed by atoms with Gasteiger partial charge in [-0.05, 0) is 26.0 Å². The van der Waals surface area contributed by atoms with Crippen LogP contribution in [0.3, 0.4) is 0 Å². The zero-order valence-electron chi connectivity index (χ0n) is 21.8. The highest BCUT2D eigenvalue weighted by Gasteiger charge is 2.71. The summed E-state index contributed by atoms with van der Waals surface area (Å²) in [6.45, 7) is 3.77. The lowest BCUT2D eigenvalue weighted by atomic mass is 10.3. The van der Waals surface area contributed by atoms with Gasteiger partial charge in [0, 0.05) is 37.3 Å². The molecule has 1 aliphatic heterocycles. The van der Waals surface area contributed by atoms with Crippen molar-refractivity contribution in [3.8, 4) is 22.4 Å². The second kappa shape index (κ2) is 9.37. The van der Waals surface area contributed by atoms with E-state index < -0.39 is 41.0 Å². The molecule has 4 aromatic heterocycles. The number of hydrogen-bond acceptors (Lipinski definition) is 8. The molecule has 5 heterocycles. The van der Waals surface area contributed by atoms with Crippen molar-refractivity contribution in [2.45, 2.75) is 32.4 Å². The minimum atomic E-state index is -2.54. The molecule has 2 fully saturated rings. The first-order valence-electron chi connectivity index (χ1n) is 12.5. The highest BCUT2D eigenvalue weighted by Crippen LogP contribution is 2.59. The summed E-state index contributed by atoms with van der Waals surface area (Å²) in [5.74, 6) is 2.24. The summed E-state index contributed by atoms with van der Waals surface area (Å²) in [5.41, 5.74) is -0.105. The minimum Gasteiger partial charge on any atom is -0.356 e. The maximum absolute atomic E-state index is 13.5. The molecule has 1 saturated heterocycles. The van der Waals surface area contributed by atoms with Gasteiger partial charge in [0.05, 0.1) is 24.7 Å². The molecule has 4 aromatic rings. The third-order valence-corrected chi connectivity index (χ3v) is 8.43. The maximum atomic E-state index is 13.5. The smallest absolute Gasteiger partial charge is 0.333 e. The third kappa shape index (κ3) is 4.08. The number of amides is 1. The lowest BCUT2D eigenvalue weighted by molar-refractivity contribution is -0.118. The number of thiazole rings is 1. The second-order valence-electron chi connectivity index (χ2n) is 9.88. The molecule has 2 aliphatic rings. The average molecular weight is 567 g/mol. The lowest BCUT2D eigenvalue weighted by Crippen LogP contribution is -2.40. The Hall–Kier alpha value is -4.38. The van der Waals surface area contributed by atoms with E-state index in [2.05, 4.69) is 32.1 Å². The summed E-state index contributed by atoms with van der Waals surface area (Å²) in [6, 6.07) is 2.77. The first-order valence-corrected chi connectivity index (χ1v) is 13.4. The van der Waals surface area contributed by atoms with Crippen LogP contribution in [0.1, 0.15) is 19.9 Å². The van der Waals surface area contributed by atoms with Gasteiger partial charge in [-0.15, -0.1) is 17.3 Å². The first kappa shape index (κ1) is 25.9.